The Morgan fingerprint density at radius 3 is 2.37 bits per heavy atom. The van der Waals surface area contributed by atoms with Crippen LogP contribution >= 0.6 is 11.6 Å². The lowest BCUT2D eigenvalue weighted by Gasteiger charge is -2.28. The molecule has 0 saturated heterocycles. The highest BCUT2D eigenvalue weighted by molar-refractivity contribution is 6.31. The third-order valence-corrected chi connectivity index (χ3v) is 4.52. The van der Waals surface area contributed by atoms with E-state index in [0.29, 0.717) is 12.0 Å². The molecule has 19 heavy (non-hydrogen) atoms. The predicted molar refractivity (Wildman–Crippen MR) is 86.0 cm³/mol. The molecule has 0 aliphatic carbocycles. The molecule has 1 aromatic rings. The maximum Gasteiger partial charge on any atom is 0.0438 e. The fraction of sp³-hybridized carbons (Fsp3) is 0.647. The molecular formula is C17H28ClN. The van der Waals surface area contributed by atoms with Crippen LogP contribution in [0.1, 0.15) is 62.3 Å². The molecule has 0 aliphatic heterocycles. The van der Waals surface area contributed by atoms with E-state index in [9.17, 15) is 0 Å². The van der Waals surface area contributed by atoms with Crippen molar-refractivity contribution in [2.24, 2.45) is 5.92 Å². The van der Waals surface area contributed by atoms with Gasteiger partial charge in [0.05, 0.1) is 0 Å². The summed E-state index contributed by atoms with van der Waals surface area (Å²) in [5.74, 6) is 0.698. The normalized spacial score (nSPS) is 14.4. The number of unbranched alkanes of at least 4 members (excludes halogenated alkanes) is 1. The number of hydrogen-bond donors (Lipinski definition) is 1. The molecule has 0 amide bonds. The smallest absolute Gasteiger partial charge is 0.0438 e. The summed E-state index contributed by atoms with van der Waals surface area (Å²) in [6.45, 7) is 8.81. The Morgan fingerprint density at radius 2 is 1.84 bits per heavy atom. The van der Waals surface area contributed by atoms with Crippen molar-refractivity contribution in [3.63, 3.8) is 0 Å². The van der Waals surface area contributed by atoms with Crippen LogP contribution in [0.15, 0.2) is 12.1 Å². The summed E-state index contributed by atoms with van der Waals surface area (Å²) in [5, 5.41) is 4.40. The molecule has 0 fully saturated rings. The third kappa shape index (κ3) is 4.22. The first-order valence-electron chi connectivity index (χ1n) is 7.49. The maximum atomic E-state index is 6.21. The van der Waals surface area contributed by atoms with E-state index in [4.69, 9.17) is 11.6 Å². The van der Waals surface area contributed by atoms with E-state index in [0.717, 1.165) is 5.02 Å². The van der Waals surface area contributed by atoms with E-state index in [1.807, 2.05) is 0 Å². The lowest BCUT2D eigenvalue weighted by atomic mass is 9.84. The number of benzene rings is 1. The summed E-state index contributed by atoms with van der Waals surface area (Å²) in [5.41, 5.74) is 3.88. The highest BCUT2D eigenvalue weighted by Crippen LogP contribution is 2.33. The quantitative estimate of drug-likeness (QED) is 0.702. The van der Waals surface area contributed by atoms with Crippen molar-refractivity contribution in [3.05, 3.63) is 33.8 Å². The molecule has 2 heteroatoms. The first-order valence-corrected chi connectivity index (χ1v) is 7.86. The number of aryl methyl sites for hydroxylation is 2. The molecule has 0 radical (unpaired) electrons. The Labute approximate surface area is 123 Å². The van der Waals surface area contributed by atoms with Crippen LogP contribution in [0.25, 0.3) is 0 Å². The topological polar surface area (TPSA) is 12.0 Å². The van der Waals surface area contributed by atoms with Gasteiger partial charge in [-0.05, 0) is 56.0 Å². The molecular weight excluding hydrogens is 254 g/mol. The zero-order valence-corrected chi connectivity index (χ0v) is 13.8. The highest BCUT2D eigenvalue weighted by atomic mass is 35.5. The van der Waals surface area contributed by atoms with Crippen LogP contribution in [-0.4, -0.2) is 7.05 Å². The van der Waals surface area contributed by atoms with Gasteiger partial charge in [-0.3, -0.25) is 0 Å². The van der Waals surface area contributed by atoms with Crippen LogP contribution in [0, 0.1) is 19.8 Å². The second kappa shape index (κ2) is 7.91. The molecule has 0 saturated carbocycles. The van der Waals surface area contributed by atoms with Crippen LogP contribution < -0.4 is 5.32 Å². The molecule has 1 rings (SSSR count). The van der Waals surface area contributed by atoms with E-state index < -0.39 is 0 Å². The summed E-state index contributed by atoms with van der Waals surface area (Å²) < 4.78 is 0. The average molecular weight is 282 g/mol. The molecule has 0 aromatic heterocycles. The van der Waals surface area contributed by atoms with Crippen LogP contribution in [0.3, 0.4) is 0 Å². The van der Waals surface area contributed by atoms with Gasteiger partial charge >= 0.3 is 0 Å². The molecule has 1 nitrogen and oxygen atoms in total. The second-order valence-corrected chi connectivity index (χ2v) is 5.94. The van der Waals surface area contributed by atoms with Crippen molar-refractivity contribution in [1.29, 1.82) is 0 Å². The lowest BCUT2D eigenvalue weighted by molar-refractivity contribution is 0.338. The Balaban J connectivity index is 3.04. The van der Waals surface area contributed by atoms with Gasteiger partial charge in [-0.1, -0.05) is 50.8 Å². The summed E-state index contributed by atoms with van der Waals surface area (Å²) in [7, 11) is 2.07. The Bertz CT molecular complexity index is 400. The van der Waals surface area contributed by atoms with Gasteiger partial charge in [-0.15, -0.1) is 0 Å². The monoisotopic (exact) mass is 281 g/mol. The Kier molecular flexibility index (Phi) is 6.88. The van der Waals surface area contributed by atoms with Crippen molar-refractivity contribution in [2.75, 3.05) is 7.05 Å². The first-order chi connectivity index (χ1) is 9.04. The molecule has 2 unspecified atom stereocenters. The van der Waals surface area contributed by atoms with Gasteiger partial charge in [0.25, 0.3) is 0 Å². The van der Waals surface area contributed by atoms with Crippen molar-refractivity contribution < 1.29 is 0 Å². The minimum Gasteiger partial charge on any atom is -0.313 e. The minimum absolute atomic E-state index is 0.438. The van der Waals surface area contributed by atoms with Gasteiger partial charge in [-0.25, -0.2) is 0 Å². The second-order valence-electron chi connectivity index (χ2n) is 5.53. The molecule has 0 spiro atoms. The number of halogens is 1. The van der Waals surface area contributed by atoms with Crippen LogP contribution in [0.5, 0.6) is 0 Å². The Morgan fingerprint density at radius 1 is 1.16 bits per heavy atom. The molecule has 0 aliphatic rings. The van der Waals surface area contributed by atoms with Crippen molar-refractivity contribution in [2.45, 2.75) is 59.4 Å². The van der Waals surface area contributed by atoms with E-state index in [2.05, 4.69) is 52.2 Å². The predicted octanol–water partition coefficient (Wildman–Crippen LogP) is 5.43. The molecule has 0 bridgehead atoms. The summed E-state index contributed by atoms with van der Waals surface area (Å²) >= 11 is 6.21. The lowest BCUT2D eigenvalue weighted by Crippen LogP contribution is -2.26. The SMILES string of the molecule is CCCCC(CC)C(NC)c1cc(C)c(Cl)cc1C. The van der Waals surface area contributed by atoms with E-state index in [1.54, 1.807) is 0 Å². The molecule has 108 valence electrons. The van der Waals surface area contributed by atoms with Crippen LogP contribution in [0.2, 0.25) is 5.02 Å². The van der Waals surface area contributed by atoms with Crippen LogP contribution in [-0.2, 0) is 0 Å². The van der Waals surface area contributed by atoms with E-state index in [1.165, 1.54) is 42.4 Å². The maximum absolute atomic E-state index is 6.21. The summed E-state index contributed by atoms with van der Waals surface area (Å²) in [4.78, 5) is 0. The van der Waals surface area contributed by atoms with Crippen molar-refractivity contribution in [3.8, 4) is 0 Å². The van der Waals surface area contributed by atoms with E-state index >= 15 is 0 Å². The van der Waals surface area contributed by atoms with E-state index in [-0.39, 0.29) is 0 Å². The first kappa shape index (κ1) is 16.5. The molecule has 1 N–H and O–H groups in total. The van der Waals surface area contributed by atoms with Gasteiger partial charge in [0.1, 0.15) is 0 Å². The highest BCUT2D eigenvalue weighted by Gasteiger charge is 2.21. The summed E-state index contributed by atoms with van der Waals surface area (Å²) in [6.07, 6.45) is 5.08. The van der Waals surface area contributed by atoms with Gasteiger partial charge in [0, 0.05) is 11.1 Å². The third-order valence-electron chi connectivity index (χ3n) is 4.12. The zero-order chi connectivity index (χ0) is 14.4. The van der Waals surface area contributed by atoms with Gasteiger partial charge in [0.2, 0.25) is 0 Å². The zero-order valence-electron chi connectivity index (χ0n) is 13.0. The molecule has 2 atom stereocenters. The summed E-state index contributed by atoms with van der Waals surface area (Å²) in [6, 6.07) is 4.80. The number of rotatable bonds is 7. The van der Waals surface area contributed by atoms with Crippen LogP contribution in [0.4, 0.5) is 0 Å². The largest absolute Gasteiger partial charge is 0.313 e. The number of nitrogens with one attached hydrogen (secondary N) is 1. The van der Waals surface area contributed by atoms with Gasteiger partial charge in [-0.2, -0.15) is 0 Å². The minimum atomic E-state index is 0.438. The fourth-order valence-corrected chi connectivity index (χ4v) is 3.07. The van der Waals surface area contributed by atoms with Gasteiger partial charge in [0.15, 0.2) is 0 Å². The molecule has 0 heterocycles. The van der Waals surface area contributed by atoms with Crippen molar-refractivity contribution in [1.82, 2.24) is 5.32 Å². The van der Waals surface area contributed by atoms with Crippen molar-refractivity contribution >= 4 is 11.6 Å². The van der Waals surface area contributed by atoms with Gasteiger partial charge < -0.3 is 5.32 Å². The molecule has 1 aromatic carbocycles. The standard InChI is InChI=1S/C17H28ClN/c1-6-8-9-14(7-2)17(19-5)15-10-13(4)16(18)11-12(15)3/h10-11,14,17,19H,6-9H2,1-5H3. The fourth-order valence-electron chi connectivity index (χ4n) is 2.86. The Hall–Kier alpha value is -0.530. The number of hydrogen-bond acceptors (Lipinski definition) is 1. The average Bonchev–Trinajstić information content (AvgIpc) is 2.39.